The zero-order chi connectivity index (χ0) is 13.7. The molecule has 2 rings (SSSR count). The Balaban J connectivity index is 2.27. The fraction of sp³-hybridized carbons (Fsp3) is 0.267. The minimum Gasteiger partial charge on any atom is -0.350 e. The lowest BCUT2D eigenvalue weighted by molar-refractivity contribution is 0.599. The molecule has 100 valence electrons. The fourth-order valence-electron chi connectivity index (χ4n) is 1.94. The third-order valence-electron chi connectivity index (χ3n) is 2.99. The van der Waals surface area contributed by atoms with Gasteiger partial charge in [0.15, 0.2) is 11.6 Å². The van der Waals surface area contributed by atoms with Crippen molar-refractivity contribution in [2.24, 2.45) is 0 Å². The number of rotatable bonds is 5. The lowest BCUT2D eigenvalue weighted by atomic mass is 10.2. The molecule has 0 N–H and O–H groups in total. The summed E-state index contributed by atoms with van der Waals surface area (Å²) in [6.07, 6.45) is 1.60. The Bertz CT molecular complexity index is 531. The van der Waals surface area contributed by atoms with E-state index in [2.05, 4.69) is 4.98 Å². The van der Waals surface area contributed by atoms with Gasteiger partial charge in [-0.1, -0.05) is 30.3 Å². The first-order valence-electron chi connectivity index (χ1n) is 6.24. The van der Waals surface area contributed by atoms with E-state index in [9.17, 15) is 4.39 Å². The molecule has 0 aliphatic rings. The fourth-order valence-corrected chi connectivity index (χ4v) is 2.14. The van der Waals surface area contributed by atoms with Crippen LogP contribution in [0.15, 0.2) is 42.6 Å². The van der Waals surface area contributed by atoms with E-state index >= 15 is 0 Å². The lowest BCUT2D eigenvalue weighted by Gasteiger charge is -2.23. The van der Waals surface area contributed by atoms with Crippen LogP contribution >= 0.6 is 11.6 Å². The molecular weight excluding hydrogens is 263 g/mol. The number of pyridine rings is 1. The van der Waals surface area contributed by atoms with Crippen LogP contribution < -0.4 is 4.90 Å². The van der Waals surface area contributed by atoms with Crippen LogP contribution in [-0.4, -0.2) is 11.5 Å². The molecule has 0 fully saturated rings. The van der Waals surface area contributed by atoms with E-state index in [1.54, 1.807) is 12.3 Å². The summed E-state index contributed by atoms with van der Waals surface area (Å²) < 4.78 is 14.2. The Hall–Kier alpha value is -1.61. The van der Waals surface area contributed by atoms with Gasteiger partial charge in [-0.2, -0.15) is 0 Å². The van der Waals surface area contributed by atoms with Gasteiger partial charge in [-0.3, -0.25) is 0 Å². The van der Waals surface area contributed by atoms with Crippen molar-refractivity contribution >= 4 is 17.4 Å². The quantitative estimate of drug-likeness (QED) is 0.769. The molecule has 0 spiro atoms. The van der Waals surface area contributed by atoms with Crippen molar-refractivity contribution in [2.45, 2.75) is 19.3 Å². The second-order valence-corrected chi connectivity index (χ2v) is 4.51. The molecule has 0 aliphatic heterocycles. The summed E-state index contributed by atoms with van der Waals surface area (Å²) in [6.45, 7) is 3.30. The first-order chi connectivity index (χ1) is 9.26. The zero-order valence-electron chi connectivity index (χ0n) is 10.8. The van der Waals surface area contributed by atoms with Crippen molar-refractivity contribution in [3.05, 3.63) is 59.5 Å². The van der Waals surface area contributed by atoms with E-state index in [4.69, 9.17) is 11.6 Å². The van der Waals surface area contributed by atoms with E-state index < -0.39 is 0 Å². The van der Waals surface area contributed by atoms with Gasteiger partial charge < -0.3 is 4.90 Å². The predicted octanol–water partition coefficient (Wildman–Crippen LogP) is 3.99. The maximum atomic E-state index is 14.2. The highest BCUT2D eigenvalue weighted by molar-refractivity contribution is 6.17. The molecule has 2 aromatic rings. The van der Waals surface area contributed by atoms with Gasteiger partial charge in [0.05, 0.1) is 5.88 Å². The maximum Gasteiger partial charge on any atom is 0.170 e. The number of alkyl halides is 1. The molecular formula is C15H16ClFN2. The molecule has 19 heavy (non-hydrogen) atoms. The number of anilines is 1. The third-order valence-corrected chi connectivity index (χ3v) is 3.28. The van der Waals surface area contributed by atoms with Crippen LogP contribution in [0.1, 0.15) is 18.1 Å². The molecule has 1 aromatic carbocycles. The highest BCUT2D eigenvalue weighted by Gasteiger charge is 2.14. The molecule has 0 radical (unpaired) electrons. The molecule has 1 aromatic heterocycles. The van der Waals surface area contributed by atoms with E-state index in [0.29, 0.717) is 24.5 Å². The molecule has 1 heterocycles. The second-order valence-electron chi connectivity index (χ2n) is 4.24. The number of aromatic nitrogens is 1. The summed E-state index contributed by atoms with van der Waals surface area (Å²) in [5, 5.41) is 0. The Morgan fingerprint density at radius 1 is 1.21 bits per heavy atom. The van der Waals surface area contributed by atoms with Crippen molar-refractivity contribution in [2.75, 3.05) is 11.4 Å². The maximum absolute atomic E-state index is 14.2. The average molecular weight is 279 g/mol. The standard InChI is InChI=1S/C15H16ClFN2/c1-2-19(11-12-6-4-3-5-7-12)15-14(17)13(10-16)8-9-18-15/h3-9H,2,10-11H2,1H3. The highest BCUT2D eigenvalue weighted by Crippen LogP contribution is 2.22. The minimum atomic E-state index is -0.324. The Kier molecular flexibility index (Phi) is 4.74. The first kappa shape index (κ1) is 13.8. The monoisotopic (exact) mass is 278 g/mol. The smallest absolute Gasteiger partial charge is 0.170 e. The van der Waals surface area contributed by atoms with Crippen molar-refractivity contribution < 1.29 is 4.39 Å². The Morgan fingerprint density at radius 2 is 1.95 bits per heavy atom. The topological polar surface area (TPSA) is 16.1 Å². The molecule has 0 amide bonds. The van der Waals surface area contributed by atoms with Gasteiger partial charge in [0.2, 0.25) is 0 Å². The molecule has 4 heteroatoms. The highest BCUT2D eigenvalue weighted by atomic mass is 35.5. The summed E-state index contributed by atoms with van der Waals surface area (Å²) in [5.74, 6) is 0.198. The number of halogens is 2. The van der Waals surface area contributed by atoms with Gasteiger partial charge >= 0.3 is 0 Å². The molecule has 0 aliphatic carbocycles. The van der Waals surface area contributed by atoms with Gasteiger partial charge in [0.25, 0.3) is 0 Å². The number of nitrogens with zero attached hydrogens (tertiary/aromatic N) is 2. The molecule has 0 unspecified atom stereocenters. The number of benzene rings is 1. The summed E-state index contributed by atoms with van der Waals surface area (Å²) in [7, 11) is 0. The largest absolute Gasteiger partial charge is 0.350 e. The van der Waals surface area contributed by atoms with Crippen molar-refractivity contribution in [3.8, 4) is 0 Å². The van der Waals surface area contributed by atoms with Gasteiger partial charge in [0, 0.05) is 24.8 Å². The van der Waals surface area contributed by atoms with Gasteiger partial charge in [0.1, 0.15) is 0 Å². The van der Waals surface area contributed by atoms with Crippen molar-refractivity contribution in [3.63, 3.8) is 0 Å². The van der Waals surface area contributed by atoms with Crippen molar-refractivity contribution in [1.82, 2.24) is 4.98 Å². The van der Waals surface area contributed by atoms with Gasteiger partial charge in [-0.05, 0) is 18.6 Å². The molecule has 0 bridgehead atoms. The Labute approximate surface area is 117 Å². The van der Waals surface area contributed by atoms with E-state index in [-0.39, 0.29) is 11.7 Å². The van der Waals surface area contributed by atoms with Crippen LogP contribution in [0.5, 0.6) is 0 Å². The normalized spacial score (nSPS) is 10.5. The van der Waals surface area contributed by atoms with Crippen molar-refractivity contribution in [1.29, 1.82) is 0 Å². The van der Waals surface area contributed by atoms with Gasteiger partial charge in [-0.25, -0.2) is 9.37 Å². The van der Waals surface area contributed by atoms with Crippen LogP contribution in [0.2, 0.25) is 0 Å². The van der Waals surface area contributed by atoms with Crippen LogP contribution in [0, 0.1) is 5.82 Å². The van der Waals surface area contributed by atoms with E-state index in [0.717, 1.165) is 5.56 Å². The SMILES string of the molecule is CCN(Cc1ccccc1)c1nccc(CCl)c1F. The average Bonchev–Trinajstić information content (AvgIpc) is 2.46. The third kappa shape index (κ3) is 3.24. The van der Waals surface area contributed by atoms with E-state index in [1.165, 1.54) is 0 Å². The second kappa shape index (κ2) is 6.53. The van der Waals surface area contributed by atoms with Crippen LogP contribution in [-0.2, 0) is 12.4 Å². The molecule has 0 saturated heterocycles. The summed E-state index contributed by atoms with van der Waals surface area (Å²) in [6, 6.07) is 11.6. The minimum absolute atomic E-state index is 0.157. The number of hydrogen-bond donors (Lipinski definition) is 0. The Morgan fingerprint density at radius 3 is 2.58 bits per heavy atom. The summed E-state index contributed by atoms with van der Waals surface area (Å²) in [5.41, 5.74) is 1.61. The van der Waals surface area contributed by atoms with Crippen LogP contribution in [0.25, 0.3) is 0 Å². The molecule has 0 saturated carbocycles. The predicted molar refractivity (Wildman–Crippen MR) is 76.9 cm³/mol. The van der Waals surface area contributed by atoms with Crippen LogP contribution in [0.4, 0.5) is 10.2 Å². The molecule has 2 nitrogen and oxygen atoms in total. The summed E-state index contributed by atoms with van der Waals surface area (Å²) >= 11 is 5.73. The first-order valence-corrected chi connectivity index (χ1v) is 6.78. The van der Waals surface area contributed by atoms with Crippen LogP contribution in [0.3, 0.4) is 0 Å². The van der Waals surface area contributed by atoms with Gasteiger partial charge in [-0.15, -0.1) is 11.6 Å². The number of hydrogen-bond acceptors (Lipinski definition) is 2. The summed E-state index contributed by atoms with van der Waals surface area (Å²) in [4.78, 5) is 6.05. The van der Waals surface area contributed by atoms with E-state index in [1.807, 2.05) is 42.2 Å². The zero-order valence-corrected chi connectivity index (χ0v) is 11.6. The lowest BCUT2D eigenvalue weighted by Crippen LogP contribution is -2.24. The molecule has 0 atom stereocenters.